The van der Waals surface area contributed by atoms with Gasteiger partial charge in [0.05, 0.1) is 17.4 Å². The smallest absolute Gasteiger partial charge is 0.138 e. The maximum Gasteiger partial charge on any atom is 0.138 e. The van der Waals surface area contributed by atoms with Crippen LogP contribution in [0.1, 0.15) is 55.9 Å². The van der Waals surface area contributed by atoms with Crippen LogP contribution < -0.4 is 9.80 Å². The third-order valence-electron chi connectivity index (χ3n) is 11.8. The lowest BCUT2D eigenvalue weighted by atomic mass is 9.72. The lowest BCUT2D eigenvalue weighted by Gasteiger charge is -2.40. The second-order valence-electron chi connectivity index (χ2n) is 15.7. The molecule has 2 aliphatic rings. The fourth-order valence-electron chi connectivity index (χ4n) is 9.19. The third-order valence-corrected chi connectivity index (χ3v) is 11.8. The maximum absolute atomic E-state index is 5.13. The molecule has 2 aliphatic carbocycles. The number of hydrogen-bond acceptors (Lipinski definition) is 4. The van der Waals surface area contributed by atoms with Gasteiger partial charge in [0.1, 0.15) is 11.6 Å². The predicted molar refractivity (Wildman–Crippen MR) is 237 cm³/mol. The van der Waals surface area contributed by atoms with Gasteiger partial charge in [-0.05, 0) is 110 Å². The SMILES string of the molecule is CC(C)C1=CC(N(c2ccccn2)c2cccc3ccccc23)C2=CCc3c(C(C)C)cc(N(c4ccccc4)c4cc5ccccc5cn4)c4ccc1c2c34. The minimum absolute atomic E-state index is 0.0714. The highest BCUT2D eigenvalue weighted by molar-refractivity contribution is 6.12. The summed E-state index contributed by atoms with van der Waals surface area (Å²) in [5.41, 5.74) is 11.6. The number of rotatable bonds is 8. The summed E-state index contributed by atoms with van der Waals surface area (Å²) in [5, 5.41) is 7.34. The lowest BCUT2D eigenvalue weighted by Crippen LogP contribution is -2.35. The van der Waals surface area contributed by atoms with Crippen molar-refractivity contribution in [1.82, 2.24) is 9.97 Å². The van der Waals surface area contributed by atoms with Gasteiger partial charge in [0.25, 0.3) is 0 Å². The van der Waals surface area contributed by atoms with Crippen LogP contribution >= 0.6 is 0 Å². The van der Waals surface area contributed by atoms with Crippen molar-refractivity contribution in [1.29, 1.82) is 0 Å². The molecule has 0 radical (unpaired) electrons. The summed E-state index contributed by atoms with van der Waals surface area (Å²) in [6, 6.07) is 50.3. The quantitative estimate of drug-likeness (QED) is 0.156. The molecule has 0 bridgehead atoms. The molecule has 8 aromatic rings. The van der Waals surface area contributed by atoms with Gasteiger partial charge in [-0.2, -0.15) is 0 Å². The van der Waals surface area contributed by atoms with E-state index in [1.807, 2.05) is 18.5 Å². The molecule has 0 spiro atoms. The molecule has 4 heteroatoms. The van der Waals surface area contributed by atoms with Gasteiger partial charge in [0, 0.05) is 34.2 Å². The van der Waals surface area contributed by atoms with E-state index in [0.29, 0.717) is 11.8 Å². The molecule has 0 saturated carbocycles. The Balaban J connectivity index is 1.26. The van der Waals surface area contributed by atoms with Crippen molar-refractivity contribution in [2.45, 2.75) is 46.1 Å². The zero-order chi connectivity index (χ0) is 37.9. The average Bonchev–Trinajstić information content (AvgIpc) is 3.24. The standard InChI is InChI=1S/C52H44N4/c1-33(2)44-30-47(55(38-19-6-5-7-20-38)50-29-36-16-8-9-17-37(36)32-54-50)42-26-24-41-45(34(3)4)31-48(43-27-25-40(44)51(42)52(41)43)56(49-23-12-13-28-53-49)46-22-14-18-35-15-10-11-21-39(35)46/h5-24,26-34,48H,25H2,1-4H3. The van der Waals surface area contributed by atoms with Gasteiger partial charge in [0.15, 0.2) is 0 Å². The van der Waals surface area contributed by atoms with Gasteiger partial charge in [-0.25, -0.2) is 9.97 Å². The fraction of sp³-hybridized carbons (Fsp3) is 0.154. The highest BCUT2D eigenvalue weighted by Gasteiger charge is 2.36. The van der Waals surface area contributed by atoms with Crippen LogP contribution in [-0.4, -0.2) is 16.0 Å². The number of pyridine rings is 2. The van der Waals surface area contributed by atoms with Gasteiger partial charge >= 0.3 is 0 Å². The minimum Gasteiger partial charge on any atom is -0.315 e. The summed E-state index contributed by atoms with van der Waals surface area (Å²) < 4.78 is 0. The van der Waals surface area contributed by atoms with Crippen molar-refractivity contribution in [3.8, 4) is 0 Å². The molecule has 0 saturated heterocycles. The van der Waals surface area contributed by atoms with Crippen molar-refractivity contribution in [2.75, 3.05) is 9.80 Å². The summed E-state index contributed by atoms with van der Waals surface area (Å²) in [6.07, 6.45) is 9.83. The third kappa shape index (κ3) is 5.51. The molecule has 0 aliphatic heterocycles. The minimum atomic E-state index is -0.0714. The van der Waals surface area contributed by atoms with Crippen LogP contribution in [0.4, 0.5) is 28.7 Å². The summed E-state index contributed by atoms with van der Waals surface area (Å²) in [5.74, 6) is 2.47. The first kappa shape index (κ1) is 34.0. The first-order chi connectivity index (χ1) is 27.5. The molecule has 6 aromatic carbocycles. The topological polar surface area (TPSA) is 32.3 Å². The summed E-state index contributed by atoms with van der Waals surface area (Å²) in [6.45, 7) is 9.34. The van der Waals surface area contributed by atoms with E-state index in [9.17, 15) is 0 Å². The molecule has 56 heavy (non-hydrogen) atoms. The Bertz CT molecular complexity index is 2850. The molecule has 0 N–H and O–H groups in total. The Hall–Kier alpha value is -6.52. The van der Waals surface area contributed by atoms with Crippen molar-refractivity contribution in [2.24, 2.45) is 5.92 Å². The molecule has 272 valence electrons. The van der Waals surface area contributed by atoms with Crippen LogP contribution in [0.3, 0.4) is 0 Å². The van der Waals surface area contributed by atoms with E-state index >= 15 is 0 Å². The van der Waals surface area contributed by atoms with E-state index in [2.05, 4.69) is 183 Å². The van der Waals surface area contributed by atoms with Crippen molar-refractivity contribution in [3.05, 3.63) is 186 Å². The van der Waals surface area contributed by atoms with E-state index in [4.69, 9.17) is 9.97 Å². The monoisotopic (exact) mass is 724 g/mol. The largest absolute Gasteiger partial charge is 0.315 e. The first-order valence-corrected chi connectivity index (χ1v) is 19.9. The molecule has 0 amide bonds. The number of anilines is 5. The summed E-state index contributed by atoms with van der Waals surface area (Å²) in [4.78, 5) is 15.0. The Morgan fingerprint density at radius 2 is 1.36 bits per heavy atom. The normalized spacial score (nSPS) is 14.7. The number of hydrogen-bond donors (Lipinski definition) is 0. The molecule has 4 nitrogen and oxygen atoms in total. The van der Waals surface area contributed by atoms with Gasteiger partial charge in [-0.3, -0.25) is 4.90 Å². The molecular formula is C52H44N4. The van der Waals surface area contributed by atoms with E-state index < -0.39 is 0 Å². The Labute approximate surface area is 329 Å². The maximum atomic E-state index is 5.13. The lowest BCUT2D eigenvalue weighted by molar-refractivity contribution is 0.829. The van der Waals surface area contributed by atoms with Gasteiger partial charge < -0.3 is 4.90 Å². The number of aromatic nitrogens is 2. The number of para-hydroxylation sites is 1. The Morgan fingerprint density at radius 3 is 2.14 bits per heavy atom. The first-order valence-electron chi connectivity index (χ1n) is 19.9. The van der Waals surface area contributed by atoms with Crippen LogP contribution in [0.25, 0.3) is 43.5 Å². The summed E-state index contributed by atoms with van der Waals surface area (Å²) in [7, 11) is 0. The molecule has 1 atom stereocenters. The number of fused-ring (bicyclic) bond motifs is 2. The van der Waals surface area contributed by atoms with E-state index in [1.165, 1.54) is 60.3 Å². The average molecular weight is 725 g/mol. The number of nitrogens with zero attached hydrogens (tertiary/aromatic N) is 4. The van der Waals surface area contributed by atoms with Crippen molar-refractivity contribution >= 4 is 72.2 Å². The number of allylic oxidation sites excluding steroid dienone is 2. The van der Waals surface area contributed by atoms with Gasteiger partial charge in [0.2, 0.25) is 0 Å². The molecular weight excluding hydrogens is 681 g/mol. The molecule has 10 rings (SSSR count). The predicted octanol–water partition coefficient (Wildman–Crippen LogP) is 13.7. The van der Waals surface area contributed by atoms with E-state index in [-0.39, 0.29) is 6.04 Å². The van der Waals surface area contributed by atoms with Crippen LogP contribution in [0, 0.1) is 5.92 Å². The van der Waals surface area contributed by atoms with Crippen molar-refractivity contribution in [3.63, 3.8) is 0 Å². The molecule has 0 fully saturated rings. The van der Waals surface area contributed by atoms with E-state index in [1.54, 1.807) is 0 Å². The second kappa shape index (κ2) is 13.6. The highest BCUT2D eigenvalue weighted by atomic mass is 15.2. The van der Waals surface area contributed by atoms with E-state index in [0.717, 1.165) is 40.5 Å². The molecule has 2 aromatic heterocycles. The molecule has 1 unspecified atom stereocenters. The Kier molecular flexibility index (Phi) is 8.29. The van der Waals surface area contributed by atoms with Gasteiger partial charge in [-0.1, -0.05) is 137 Å². The van der Waals surface area contributed by atoms with Crippen LogP contribution in [-0.2, 0) is 6.42 Å². The van der Waals surface area contributed by atoms with Crippen molar-refractivity contribution < 1.29 is 0 Å². The van der Waals surface area contributed by atoms with Crippen LogP contribution in [0.15, 0.2) is 164 Å². The Morgan fingerprint density at radius 1 is 0.607 bits per heavy atom. The molecule has 2 heterocycles. The second-order valence-corrected chi connectivity index (χ2v) is 15.7. The summed E-state index contributed by atoms with van der Waals surface area (Å²) >= 11 is 0. The fourth-order valence-corrected chi connectivity index (χ4v) is 9.19. The highest BCUT2D eigenvalue weighted by Crippen LogP contribution is 2.52. The zero-order valence-corrected chi connectivity index (χ0v) is 32.3. The number of benzene rings is 6. The van der Waals surface area contributed by atoms with Gasteiger partial charge in [-0.15, -0.1) is 0 Å². The zero-order valence-electron chi connectivity index (χ0n) is 32.3. The van der Waals surface area contributed by atoms with Crippen LogP contribution in [0.5, 0.6) is 0 Å². The van der Waals surface area contributed by atoms with Crippen LogP contribution in [0.2, 0.25) is 0 Å².